The minimum atomic E-state index is -3.58. The van der Waals surface area contributed by atoms with Gasteiger partial charge in [-0.25, -0.2) is 22.5 Å². The second-order valence-corrected chi connectivity index (χ2v) is 14.0. The third-order valence-electron chi connectivity index (χ3n) is 8.23. The van der Waals surface area contributed by atoms with Crippen LogP contribution < -0.4 is 14.5 Å². The maximum atomic E-state index is 15.3. The lowest BCUT2D eigenvalue weighted by Gasteiger charge is -2.27. The summed E-state index contributed by atoms with van der Waals surface area (Å²) >= 11 is 6.92. The molecule has 13 heteroatoms. The molecule has 1 saturated heterocycles. The van der Waals surface area contributed by atoms with Gasteiger partial charge in [-0.1, -0.05) is 23.7 Å². The highest BCUT2D eigenvalue weighted by molar-refractivity contribution is 7.90. The maximum absolute atomic E-state index is 15.3. The Bertz CT molecular complexity index is 1810. The van der Waals surface area contributed by atoms with Crippen molar-refractivity contribution in [2.75, 3.05) is 36.8 Å². The Hall–Kier alpha value is -3.74. The van der Waals surface area contributed by atoms with Crippen molar-refractivity contribution in [3.8, 4) is 5.75 Å². The van der Waals surface area contributed by atoms with Gasteiger partial charge in [0.2, 0.25) is 5.95 Å². The molecule has 0 amide bonds. The van der Waals surface area contributed by atoms with Gasteiger partial charge in [0.25, 0.3) is 0 Å². The van der Waals surface area contributed by atoms with Gasteiger partial charge in [-0.05, 0) is 80.8 Å². The lowest BCUT2D eigenvalue weighted by atomic mass is 10.1. The number of benzene rings is 2. The first-order chi connectivity index (χ1) is 21.5. The Kier molecular flexibility index (Phi) is 8.73. The molecule has 1 aliphatic heterocycles. The summed E-state index contributed by atoms with van der Waals surface area (Å²) in [6.07, 6.45) is 5.78. The molecule has 0 spiro atoms. The summed E-state index contributed by atoms with van der Waals surface area (Å²) in [7, 11) is -0.331. The highest BCUT2D eigenvalue weighted by Crippen LogP contribution is 2.49. The number of methoxy groups -OCH3 is 1. The second kappa shape index (κ2) is 12.6. The molecule has 10 nitrogen and oxygen atoms in total. The summed E-state index contributed by atoms with van der Waals surface area (Å²) in [6, 6.07) is 13.6. The fraction of sp³-hybridized carbons (Fsp3) is 0.406. The van der Waals surface area contributed by atoms with Gasteiger partial charge in [-0.3, -0.25) is 0 Å². The number of halogens is 2. The van der Waals surface area contributed by atoms with E-state index in [1.165, 1.54) is 17.0 Å². The van der Waals surface area contributed by atoms with Crippen LogP contribution in [0.25, 0.3) is 0 Å². The van der Waals surface area contributed by atoms with E-state index in [0.29, 0.717) is 24.8 Å². The first kappa shape index (κ1) is 31.3. The van der Waals surface area contributed by atoms with E-state index >= 15 is 4.39 Å². The zero-order chi connectivity index (χ0) is 31.9. The zero-order valence-corrected chi connectivity index (χ0v) is 27.3. The number of aromatic nitrogens is 4. The second-order valence-electron chi connectivity index (χ2n) is 11.6. The Balaban J connectivity index is 1.46. The first-order valence-corrected chi connectivity index (χ1v) is 17.2. The molecule has 2 fully saturated rings. The van der Waals surface area contributed by atoms with Gasteiger partial charge in [0.05, 0.1) is 24.2 Å². The van der Waals surface area contributed by atoms with Crippen molar-refractivity contribution in [1.82, 2.24) is 19.7 Å². The number of rotatable bonds is 10. The molecule has 1 aliphatic carbocycles. The van der Waals surface area contributed by atoms with E-state index in [2.05, 4.69) is 4.98 Å². The van der Waals surface area contributed by atoms with E-state index in [9.17, 15) is 8.42 Å². The van der Waals surface area contributed by atoms with E-state index in [-0.39, 0.29) is 33.8 Å². The van der Waals surface area contributed by atoms with E-state index in [0.717, 1.165) is 67.0 Å². The van der Waals surface area contributed by atoms with Gasteiger partial charge in [0.1, 0.15) is 22.5 Å². The van der Waals surface area contributed by atoms with Crippen LogP contribution in [0.4, 0.5) is 27.7 Å². The van der Waals surface area contributed by atoms with Gasteiger partial charge >= 0.3 is 0 Å². The molecule has 3 heterocycles. The molecule has 2 aromatic heterocycles. The standard InChI is InChI=1S/C32H36ClFN6O4S/c1-20-17-27(37-40(20)28-7-5-6-16-44-28)39(19-21-8-12-23(43-3)13-9-21)31-29(22-10-11-22)30(33)35-32(36-31)38(2)26-15-14-24(18-25(26)34)45(4,41)42/h8-9,12-15,17-18,22,28H,5-7,10-11,16,19H2,1-4H3. The van der Waals surface area contributed by atoms with Crippen LogP contribution in [-0.2, 0) is 21.1 Å². The molecule has 6 rings (SSSR count). The number of hydrogen-bond donors (Lipinski definition) is 0. The quantitative estimate of drug-likeness (QED) is 0.170. The number of anilines is 4. The summed E-state index contributed by atoms with van der Waals surface area (Å²) in [6.45, 7) is 3.12. The van der Waals surface area contributed by atoms with Crippen molar-refractivity contribution >= 4 is 44.7 Å². The topological polar surface area (TPSA) is 103 Å². The van der Waals surface area contributed by atoms with Crippen LogP contribution in [0.3, 0.4) is 0 Å². The Morgan fingerprint density at radius 1 is 1.09 bits per heavy atom. The number of ether oxygens (including phenoxy) is 2. The van der Waals surface area contributed by atoms with E-state index in [1.54, 1.807) is 14.2 Å². The van der Waals surface area contributed by atoms with Gasteiger partial charge in [0.15, 0.2) is 21.9 Å². The minimum absolute atomic E-state index is 0.111. The molecule has 0 bridgehead atoms. The largest absolute Gasteiger partial charge is 0.497 e. The summed E-state index contributed by atoms with van der Waals surface area (Å²) in [5.74, 6) is 1.63. The molecular formula is C32H36ClFN6O4S. The molecule has 1 saturated carbocycles. The number of aryl methyl sites for hydroxylation is 1. The van der Waals surface area contributed by atoms with Crippen molar-refractivity contribution in [3.05, 3.63) is 76.3 Å². The highest BCUT2D eigenvalue weighted by atomic mass is 35.5. The zero-order valence-electron chi connectivity index (χ0n) is 25.7. The lowest BCUT2D eigenvalue weighted by molar-refractivity contribution is -0.0405. The van der Waals surface area contributed by atoms with Gasteiger partial charge in [0, 0.05) is 37.2 Å². The lowest BCUT2D eigenvalue weighted by Crippen LogP contribution is -2.24. The molecule has 238 valence electrons. The number of sulfone groups is 1. The molecule has 4 aromatic rings. The third kappa shape index (κ3) is 6.63. The fourth-order valence-electron chi connectivity index (χ4n) is 5.59. The predicted molar refractivity (Wildman–Crippen MR) is 171 cm³/mol. The van der Waals surface area contributed by atoms with E-state index < -0.39 is 15.7 Å². The summed E-state index contributed by atoms with van der Waals surface area (Å²) in [4.78, 5) is 13.0. The van der Waals surface area contributed by atoms with Crippen molar-refractivity contribution in [3.63, 3.8) is 0 Å². The normalized spacial score (nSPS) is 16.9. The summed E-state index contributed by atoms with van der Waals surface area (Å²) in [5.41, 5.74) is 2.87. The molecule has 45 heavy (non-hydrogen) atoms. The third-order valence-corrected chi connectivity index (χ3v) is 9.63. The monoisotopic (exact) mass is 654 g/mol. The predicted octanol–water partition coefficient (Wildman–Crippen LogP) is 6.87. The van der Waals surface area contributed by atoms with E-state index in [4.69, 9.17) is 31.2 Å². The van der Waals surface area contributed by atoms with Crippen LogP contribution in [0.2, 0.25) is 5.15 Å². The van der Waals surface area contributed by atoms with Crippen LogP contribution in [0.1, 0.15) is 61.1 Å². The Labute approximate surface area is 267 Å². The fourth-order valence-corrected chi connectivity index (χ4v) is 6.53. The molecule has 0 N–H and O–H groups in total. The summed E-state index contributed by atoms with van der Waals surface area (Å²) in [5, 5.41) is 5.31. The van der Waals surface area contributed by atoms with Gasteiger partial charge in [-0.15, -0.1) is 0 Å². The molecule has 1 unspecified atom stereocenters. The molecule has 2 aliphatic rings. The van der Waals surface area contributed by atoms with Gasteiger partial charge < -0.3 is 19.3 Å². The smallest absolute Gasteiger partial charge is 0.233 e. The highest BCUT2D eigenvalue weighted by Gasteiger charge is 2.35. The van der Waals surface area contributed by atoms with Crippen molar-refractivity contribution in [1.29, 1.82) is 0 Å². The van der Waals surface area contributed by atoms with Crippen LogP contribution in [0, 0.1) is 12.7 Å². The van der Waals surface area contributed by atoms with E-state index in [1.807, 2.05) is 46.8 Å². The molecule has 0 radical (unpaired) electrons. The molecular weight excluding hydrogens is 619 g/mol. The molecule has 1 atom stereocenters. The van der Waals surface area contributed by atoms with Crippen molar-refractivity contribution in [2.45, 2.75) is 62.6 Å². The maximum Gasteiger partial charge on any atom is 0.233 e. The van der Waals surface area contributed by atoms with Crippen LogP contribution in [-0.4, -0.2) is 55.2 Å². The average Bonchev–Trinajstić information content (AvgIpc) is 3.79. The van der Waals surface area contributed by atoms with Gasteiger partial charge in [-0.2, -0.15) is 10.1 Å². The van der Waals surface area contributed by atoms with Crippen molar-refractivity contribution < 1.29 is 22.3 Å². The number of nitrogens with zero attached hydrogens (tertiary/aromatic N) is 6. The number of hydrogen-bond acceptors (Lipinski definition) is 9. The minimum Gasteiger partial charge on any atom is -0.497 e. The molecule has 2 aromatic carbocycles. The average molecular weight is 655 g/mol. The van der Waals surface area contributed by atoms with Crippen LogP contribution >= 0.6 is 11.6 Å². The van der Waals surface area contributed by atoms with Crippen LogP contribution in [0.5, 0.6) is 5.75 Å². The Morgan fingerprint density at radius 3 is 2.47 bits per heavy atom. The summed E-state index contributed by atoms with van der Waals surface area (Å²) < 4.78 is 52.7. The first-order valence-electron chi connectivity index (χ1n) is 14.9. The van der Waals surface area contributed by atoms with Crippen molar-refractivity contribution in [2.24, 2.45) is 0 Å². The SMILES string of the molecule is COc1ccc(CN(c2cc(C)n(C3CCCCO3)n2)c2nc(N(C)c3ccc(S(C)(=O)=O)cc3F)nc(Cl)c2C2CC2)cc1. The Morgan fingerprint density at radius 2 is 1.84 bits per heavy atom. The van der Waals surface area contributed by atoms with Crippen LogP contribution in [0.15, 0.2) is 53.4 Å².